The van der Waals surface area contributed by atoms with Crippen molar-refractivity contribution >= 4 is 6.03 Å². The average Bonchev–Trinajstić information content (AvgIpc) is 2.46. The second-order valence-electron chi connectivity index (χ2n) is 7.62. The van der Waals surface area contributed by atoms with Crippen LogP contribution in [0.4, 0.5) is 4.79 Å². The molecule has 2 bridgehead atoms. The van der Waals surface area contributed by atoms with E-state index in [1.807, 2.05) is 0 Å². The van der Waals surface area contributed by atoms with E-state index in [0.717, 1.165) is 37.6 Å². The van der Waals surface area contributed by atoms with Crippen molar-refractivity contribution in [2.24, 2.45) is 17.8 Å². The largest absolute Gasteiger partial charge is 0.385 e. The van der Waals surface area contributed by atoms with Gasteiger partial charge in [0, 0.05) is 6.54 Å². The summed E-state index contributed by atoms with van der Waals surface area (Å²) in [7, 11) is 0. The van der Waals surface area contributed by atoms with E-state index in [1.54, 1.807) is 0 Å². The Hall–Kier alpha value is -0.810. The summed E-state index contributed by atoms with van der Waals surface area (Å²) in [6, 6.07) is -0.168. The molecule has 2 aliphatic heterocycles. The molecule has 0 aromatic carbocycles. The Morgan fingerprint density at radius 3 is 2.73 bits per heavy atom. The zero-order valence-electron chi connectivity index (χ0n) is 13.6. The standard InChI is InChI=1S/C17H30N2O3/c1-12-4-2-3-5-13(12)6-7-18-16(20)19-10-17(21)11-22-15-8-14(17)9-15/h12-15,21H,2-11H2,1H3,(H2,18,19,20). The second-order valence-corrected chi connectivity index (χ2v) is 7.62. The van der Waals surface area contributed by atoms with Crippen LogP contribution in [0, 0.1) is 17.8 Å². The van der Waals surface area contributed by atoms with Crippen molar-refractivity contribution in [2.75, 3.05) is 19.7 Å². The van der Waals surface area contributed by atoms with Crippen LogP contribution in [0.3, 0.4) is 0 Å². The number of hydrogen-bond donors (Lipinski definition) is 3. The summed E-state index contributed by atoms with van der Waals surface area (Å²) in [5, 5.41) is 16.3. The quantitative estimate of drug-likeness (QED) is 0.728. The number of amides is 2. The van der Waals surface area contributed by atoms with Crippen molar-refractivity contribution in [1.29, 1.82) is 0 Å². The fourth-order valence-electron chi connectivity index (χ4n) is 4.20. The van der Waals surface area contributed by atoms with Crippen LogP contribution in [0.15, 0.2) is 0 Å². The van der Waals surface area contributed by atoms with Crippen LogP contribution in [0.25, 0.3) is 0 Å². The lowest BCUT2D eigenvalue weighted by atomic mass is 9.68. The summed E-state index contributed by atoms with van der Waals surface area (Å²) in [6.45, 7) is 3.69. The van der Waals surface area contributed by atoms with Gasteiger partial charge in [0.25, 0.3) is 0 Å². The third-order valence-electron chi connectivity index (χ3n) is 6.07. The minimum atomic E-state index is -0.871. The van der Waals surface area contributed by atoms with Crippen LogP contribution >= 0.6 is 0 Å². The molecule has 4 fully saturated rings. The SMILES string of the molecule is CC1CCCCC1CCNC(=O)NCC1(O)COC2CC1C2. The molecule has 5 nitrogen and oxygen atoms in total. The van der Waals surface area contributed by atoms with E-state index in [2.05, 4.69) is 17.6 Å². The Kier molecular flexibility index (Phi) is 4.93. The van der Waals surface area contributed by atoms with Gasteiger partial charge >= 0.3 is 6.03 Å². The van der Waals surface area contributed by atoms with Crippen LogP contribution in [-0.2, 0) is 4.74 Å². The number of urea groups is 1. The normalized spacial score (nSPS) is 40.6. The van der Waals surface area contributed by atoms with Crippen molar-refractivity contribution in [1.82, 2.24) is 10.6 Å². The first-order valence-corrected chi connectivity index (χ1v) is 8.92. The monoisotopic (exact) mass is 310 g/mol. The molecule has 2 saturated heterocycles. The first-order valence-electron chi connectivity index (χ1n) is 8.92. The van der Waals surface area contributed by atoms with Crippen molar-refractivity contribution in [2.45, 2.75) is 63.6 Å². The van der Waals surface area contributed by atoms with Crippen molar-refractivity contribution in [3.05, 3.63) is 0 Å². The molecule has 3 atom stereocenters. The van der Waals surface area contributed by atoms with E-state index in [0.29, 0.717) is 12.7 Å². The van der Waals surface area contributed by atoms with Crippen LogP contribution < -0.4 is 10.6 Å². The van der Waals surface area contributed by atoms with Crippen molar-refractivity contribution in [3.8, 4) is 0 Å². The number of fused-ring (bicyclic) bond motifs is 2. The third kappa shape index (κ3) is 3.57. The minimum Gasteiger partial charge on any atom is -0.385 e. The van der Waals surface area contributed by atoms with Gasteiger partial charge in [0.2, 0.25) is 0 Å². The number of nitrogens with one attached hydrogen (secondary N) is 2. The molecule has 4 rings (SSSR count). The van der Waals surface area contributed by atoms with Crippen molar-refractivity contribution in [3.63, 3.8) is 0 Å². The molecular weight excluding hydrogens is 280 g/mol. The van der Waals surface area contributed by atoms with Crippen LogP contribution in [0.5, 0.6) is 0 Å². The van der Waals surface area contributed by atoms with Gasteiger partial charge in [0.15, 0.2) is 0 Å². The molecule has 5 heteroatoms. The fourth-order valence-corrected chi connectivity index (χ4v) is 4.20. The first kappa shape index (κ1) is 16.1. The topological polar surface area (TPSA) is 70.6 Å². The predicted molar refractivity (Wildman–Crippen MR) is 84.6 cm³/mol. The van der Waals surface area contributed by atoms with E-state index in [1.165, 1.54) is 25.7 Å². The Morgan fingerprint density at radius 1 is 1.27 bits per heavy atom. The number of aliphatic hydroxyl groups is 1. The number of hydrogen-bond acceptors (Lipinski definition) is 3. The summed E-state index contributed by atoms with van der Waals surface area (Å²) >= 11 is 0. The van der Waals surface area contributed by atoms with E-state index in [-0.39, 0.29) is 18.5 Å². The smallest absolute Gasteiger partial charge is 0.314 e. The van der Waals surface area contributed by atoms with E-state index in [9.17, 15) is 9.90 Å². The van der Waals surface area contributed by atoms with Crippen LogP contribution in [0.2, 0.25) is 0 Å². The molecule has 0 spiro atoms. The highest BCUT2D eigenvalue weighted by atomic mass is 16.5. The third-order valence-corrected chi connectivity index (χ3v) is 6.07. The molecule has 2 saturated carbocycles. The Labute approximate surface area is 133 Å². The lowest BCUT2D eigenvalue weighted by molar-refractivity contribution is -0.214. The van der Waals surface area contributed by atoms with Gasteiger partial charge in [0.05, 0.1) is 19.3 Å². The molecule has 2 amide bonds. The fraction of sp³-hybridized carbons (Fsp3) is 0.941. The first-order chi connectivity index (χ1) is 10.6. The summed E-state index contributed by atoms with van der Waals surface area (Å²) in [5.74, 6) is 1.82. The maximum absolute atomic E-state index is 11.9. The number of carbonyl (C=O) groups excluding carboxylic acids is 1. The van der Waals surface area contributed by atoms with Crippen molar-refractivity contribution < 1.29 is 14.6 Å². The molecule has 126 valence electrons. The van der Waals surface area contributed by atoms with E-state index in [4.69, 9.17) is 4.74 Å². The van der Waals surface area contributed by atoms with Gasteiger partial charge < -0.3 is 20.5 Å². The highest BCUT2D eigenvalue weighted by molar-refractivity contribution is 5.73. The van der Waals surface area contributed by atoms with Gasteiger partial charge in [-0.05, 0) is 37.0 Å². The highest BCUT2D eigenvalue weighted by Crippen LogP contribution is 2.43. The van der Waals surface area contributed by atoms with Crippen LogP contribution in [-0.4, -0.2) is 42.5 Å². The molecule has 0 aromatic rings. The Balaban J connectivity index is 1.32. The lowest BCUT2D eigenvalue weighted by Crippen LogP contribution is -2.62. The molecule has 0 radical (unpaired) electrons. The molecule has 2 aliphatic carbocycles. The molecular formula is C17H30N2O3. The second kappa shape index (κ2) is 6.75. The maximum atomic E-state index is 11.9. The van der Waals surface area contributed by atoms with Gasteiger partial charge in [-0.25, -0.2) is 4.79 Å². The summed E-state index contributed by atoms with van der Waals surface area (Å²) < 4.78 is 5.54. The van der Waals surface area contributed by atoms with Crippen LogP contribution in [0.1, 0.15) is 51.9 Å². The maximum Gasteiger partial charge on any atom is 0.314 e. The summed E-state index contributed by atoms with van der Waals surface area (Å²) in [6.07, 6.45) is 8.57. The van der Waals surface area contributed by atoms with Gasteiger partial charge in [-0.3, -0.25) is 0 Å². The molecule has 4 aliphatic rings. The van der Waals surface area contributed by atoms with E-state index < -0.39 is 5.60 Å². The summed E-state index contributed by atoms with van der Waals surface area (Å²) in [4.78, 5) is 11.9. The minimum absolute atomic E-state index is 0.168. The molecule has 2 heterocycles. The highest BCUT2D eigenvalue weighted by Gasteiger charge is 2.50. The molecule has 3 N–H and O–H groups in total. The van der Waals surface area contributed by atoms with Gasteiger partial charge in [-0.1, -0.05) is 32.6 Å². The predicted octanol–water partition coefficient (Wildman–Crippen LogP) is 2.04. The average molecular weight is 310 g/mol. The number of ether oxygens (including phenoxy) is 1. The van der Waals surface area contributed by atoms with Gasteiger partial charge in [-0.15, -0.1) is 0 Å². The zero-order chi connectivity index (χ0) is 15.6. The molecule has 22 heavy (non-hydrogen) atoms. The van der Waals surface area contributed by atoms with Gasteiger partial charge in [-0.2, -0.15) is 0 Å². The Bertz CT molecular complexity index is 395. The Morgan fingerprint density at radius 2 is 2.05 bits per heavy atom. The molecule has 0 aromatic heterocycles. The number of rotatable bonds is 5. The zero-order valence-corrected chi connectivity index (χ0v) is 13.6. The number of carbonyl (C=O) groups is 1. The molecule has 3 unspecified atom stereocenters. The summed E-state index contributed by atoms with van der Waals surface area (Å²) in [5.41, 5.74) is -0.871. The van der Waals surface area contributed by atoms with Gasteiger partial charge in [0.1, 0.15) is 5.60 Å². The van der Waals surface area contributed by atoms with E-state index >= 15 is 0 Å². The lowest BCUT2D eigenvalue weighted by Gasteiger charge is -2.51.